The maximum absolute atomic E-state index is 12.6. The normalized spacial score (nSPS) is 19.5. The number of anilines is 1. The summed E-state index contributed by atoms with van der Waals surface area (Å²) < 4.78 is 2.61. The highest BCUT2D eigenvalue weighted by molar-refractivity contribution is 9.10. The summed E-state index contributed by atoms with van der Waals surface area (Å²) >= 11 is 3.48. The Bertz CT molecular complexity index is 900. The van der Waals surface area contributed by atoms with Crippen LogP contribution in [-0.4, -0.2) is 21.5 Å². The summed E-state index contributed by atoms with van der Waals surface area (Å²) in [5.41, 5.74) is 8.33. The Hall–Kier alpha value is -2.41. The van der Waals surface area contributed by atoms with Gasteiger partial charge in [0.15, 0.2) is 5.78 Å². The van der Waals surface area contributed by atoms with E-state index in [1.807, 2.05) is 24.3 Å². The van der Waals surface area contributed by atoms with Gasteiger partial charge in [0.25, 0.3) is 5.91 Å². The maximum Gasteiger partial charge on any atom is 0.254 e. The molecular weight excluding hydrogens is 372 g/mol. The summed E-state index contributed by atoms with van der Waals surface area (Å²) in [6.45, 7) is 0. The van der Waals surface area contributed by atoms with Crippen LogP contribution in [0.4, 0.5) is 5.82 Å². The Morgan fingerprint density at radius 1 is 1.38 bits per heavy atom. The number of primary amides is 1. The van der Waals surface area contributed by atoms with E-state index in [2.05, 4.69) is 26.3 Å². The molecule has 0 bridgehead atoms. The topological polar surface area (TPSA) is 90.0 Å². The van der Waals surface area contributed by atoms with Gasteiger partial charge in [-0.3, -0.25) is 9.59 Å². The van der Waals surface area contributed by atoms with Gasteiger partial charge < -0.3 is 11.1 Å². The molecule has 122 valence electrons. The molecule has 1 aliphatic heterocycles. The number of hydrogen-bond donors (Lipinski definition) is 2. The van der Waals surface area contributed by atoms with Crippen molar-refractivity contribution < 1.29 is 9.59 Å². The number of ketones is 1. The average molecular weight is 387 g/mol. The lowest BCUT2D eigenvalue weighted by molar-refractivity contribution is -0.116. The van der Waals surface area contributed by atoms with Crippen molar-refractivity contribution in [2.24, 2.45) is 5.73 Å². The van der Waals surface area contributed by atoms with Gasteiger partial charge in [-0.1, -0.05) is 28.1 Å². The van der Waals surface area contributed by atoms with Gasteiger partial charge in [0.1, 0.15) is 17.4 Å². The van der Waals surface area contributed by atoms with Crippen molar-refractivity contribution in [2.75, 3.05) is 5.32 Å². The standard InChI is InChI=1S/C17H15BrN4O2/c18-10-4-1-3-9(7-10)15-14-12(5-2-6-13(14)23)21-17-11(16(19)24)8-20-22(15)17/h1,3-4,7-8,15,21H,2,5-6H2,(H2,19,24)/t15-/m1/s1. The zero-order valence-corrected chi connectivity index (χ0v) is 14.3. The summed E-state index contributed by atoms with van der Waals surface area (Å²) in [6.07, 6.45) is 3.56. The van der Waals surface area contributed by atoms with E-state index in [1.54, 1.807) is 4.68 Å². The molecule has 1 aromatic carbocycles. The first-order valence-electron chi connectivity index (χ1n) is 7.72. The molecule has 2 aromatic rings. The lowest BCUT2D eigenvalue weighted by atomic mass is 9.85. The van der Waals surface area contributed by atoms with Crippen LogP contribution in [0.1, 0.15) is 41.2 Å². The second-order valence-electron chi connectivity index (χ2n) is 5.97. The number of nitrogens with zero attached hydrogens (tertiary/aromatic N) is 2. The Morgan fingerprint density at radius 2 is 2.21 bits per heavy atom. The van der Waals surface area contributed by atoms with Crippen LogP contribution in [0.3, 0.4) is 0 Å². The van der Waals surface area contributed by atoms with Gasteiger partial charge in [-0.25, -0.2) is 4.68 Å². The fourth-order valence-electron chi connectivity index (χ4n) is 3.42. The van der Waals surface area contributed by atoms with Crippen molar-refractivity contribution in [3.8, 4) is 0 Å². The lowest BCUT2D eigenvalue weighted by Crippen LogP contribution is -2.32. The Balaban J connectivity index is 1.95. The first-order valence-corrected chi connectivity index (χ1v) is 8.51. The molecule has 0 fully saturated rings. The van der Waals surface area contributed by atoms with Crippen molar-refractivity contribution in [3.05, 3.63) is 57.3 Å². The second-order valence-corrected chi connectivity index (χ2v) is 6.88. The molecule has 7 heteroatoms. The minimum atomic E-state index is -0.539. The van der Waals surface area contributed by atoms with Crippen LogP contribution in [0.15, 0.2) is 46.2 Å². The SMILES string of the molecule is NC(=O)c1cnn2c1NC1=C(C(=O)CCC1)[C@H]2c1cccc(Br)c1. The first kappa shape index (κ1) is 15.1. The van der Waals surface area contributed by atoms with E-state index < -0.39 is 5.91 Å². The van der Waals surface area contributed by atoms with Crippen molar-refractivity contribution in [2.45, 2.75) is 25.3 Å². The molecule has 0 unspecified atom stereocenters. The van der Waals surface area contributed by atoms with Crippen molar-refractivity contribution in [3.63, 3.8) is 0 Å². The summed E-state index contributed by atoms with van der Waals surface area (Å²) in [4.78, 5) is 24.3. The summed E-state index contributed by atoms with van der Waals surface area (Å²) in [7, 11) is 0. The Morgan fingerprint density at radius 3 is 2.96 bits per heavy atom. The number of hydrogen-bond acceptors (Lipinski definition) is 4. The van der Waals surface area contributed by atoms with Crippen LogP contribution in [-0.2, 0) is 4.79 Å². The predicted octanol–water partition coefficient (Wildman–Crippen LogP) is 2.77. The Labute approximate surface area is 146 Å². The van der Waals surface area contributed by atoms with Gasteiger partial charge in [-0.05, 0) is 30.5 Å². The minimum Gasteiger partial charge on any atom is -0.365 e. The molecule has 24 heavy (non-hydrogen) atoms. The van der Waals surface area contributed by atoms with Crippen LogP contribution >= 0.6 is 15.9 Å². The molecule has 0 saturated heterocycles. The molecule has 1 atom stereocenters. The number of nitrogens with one attached hydrogen (secondary N) is 1. The molecule has 2 aliphatic rings. The van der Waals surface area contributed by atoms with Gasteiger partial charge in [-0.15, -0.1) is 0 Å². The first-order chi connectivity index (χ1) is 11.6. The quantitative estimate of drug-likeness (QED) is 0.829. The number of aromatic nitrogens is 2. The molecule has 0 saturated carbocycles. The van der Waals surface area contributed by atoms with Crippen LogP contribution in [0.2, 0.25) is 0 Å². The third-order valence-electron chi connectivity index (χ3n) is 4.47. The zero-order valence-electron chi connectivity index (χ0n) is 12.8. The zero-order chi connectivity index (χ0) is 16.8. The summed E-state index contributed by atoms with van der Waals surface area (Å²) in [5, 5.41) is 7.56. The summed E-state index contributed by atoms with van der Waals surface area (Å²) in [6, 6.07) is 7.43. The van der Waals surface area contributed by atoms with E-state index >= 15 is 0 Å². The average Bonchev–Trinajstić information content (AvgIpc) is 2.97. The van der Waals surface area contributed by atoms with Crippen LogP contribution < -0.4 is 11.1 Å². The number of carbonyl (C=O) groups is 2. The lowest BCUT2D eigenvalue weighted by Gasteiger charge is -2.33. The van der Waals surface area contributed by atoms with E-state index in [0.29, 0.717) is 17.8 Å². The number of amides is 1. The molecule has 3 N–H and O–H groups in total. The highest BCUT2D eigenvalue weighted by atomic mass is 79.9. The van der Waals surface area contributed by atoms with E-state index in [-0.39, 0.29) is 11.8 Å². The third kappa shape index (κ3) is 2.27. The van der Waals surface area contributed by atoms with E-state index in [0.717, 1.165) is 34.1 Å². The van der Waals surface area contributed by atoms with E-state index in [9.17, 15) is 9.59 Å². The van der Waals surface area contributed by atoms with Gasteiger partial charge in [0.2, 0.25) is 0 Å². The molecular formula is C17H15BrN4O2. The number of carbonyl (C=O) groups excluding carboxylic acids is 2. The molecule has 4 rings (SSSR count). The molecule has 0 radical (unpaired) electrons. The third-order valence-corrected chi connectivity index (χ3v) is 4.96. The van der Waals surface area contributed by atoms with Crippen LogP contribution in [0, 0.1) is 0 Å². The van der Waals surface area contributed by atoms with Crippen molar-refractivity contribution >= 4 is 33.4 Å². The molecule has 6 nitrogen and oxygen atoms in total. The number of halogens is 1. The van der Waals surface area contributed by atoms with Crippen LogP contribution in [0.25, 0.3) is 0 Å². The van der Waals surface area contributed by atoms with Gasteiger partial charge in [0.05, 0.1) is 6.20 Å². The fourth-order valence-corrected chi connectivity index (χ4v) is 3.84. The number of allylic oxidation sites excluding steroid dienone is 2. The number of nitrogens with two attached hydrogens (primary N) is 1. The highest BCUT2D eigenvalue weighted by Gasteiger charge is 2.37. The van der Waals surface area contributed by atoms with Gasteiger partial charge >= 0.3 is 0 Å². The number of benzene rings is 1. The van der Waals surface area contributed by atoms with Crippen molar-refractivity contribution in [1.82, 2.24) is 9.78 Å². The fraction of sp³-hybridized carbons (Fsp3) is 0.235. The van der Waals surface area contributed by atoms with Gasteiger partial charge in [0, 0.05) is 22.2 Å². The second kappa shape index (κ2) is 5.59. The summed E-state index contributed by atoms with van der Waals surface area (Å²) in [5.74, 6) is 0.138. The molecule has 1 amide bonds. The number of rotatable bonds is 2. The minimum absolute atomic E-state index is 0.121. The molecule has 1 aliphatic carbocycles. The molecule has 1 aromatic heterocycles. The smallest absolute Gasteiger partial charge is 0.254 e. The number of Topliss-reactive ketones (excluding diaryl/α,β-unsaturated/α-hetero) is 1. The largest absolute Gasteiger partial charge is 0.365 e. The van der Waals surface area contributed by atoms with Crippen LogP contribution in [0.5, 0.6) is 0 Å². The molecule has 0 spiro atoms. The number of fused-ring (bicyclic) bond motifs is 1. The van der Waals surface area contributed by atoms with E-state index in [1.165, 1.54) is 6.20 Å². The van der Waals surface area contributed by atoms with Gasteiger partial charge in [-0.2, -0.15) is 5.10 Å². The monoisotopic (exact) mass is 386 g/mol. The molecule has 2 heterocycles. The highest BCUT2D eigenvalue weighted by Crippen LogP contribution is 2.41. The van der Waals surface area contributed by atoms with E-state index in [4.69, 9.17) is 5.73 Å². The van der Waals surface area contributed by atoms with Crippen molar-refractivity contribution in [1.29, 1.82) is 0 Å². The Kier molecular flexibility index (Phi) is 3.53. The predicted molar refractivity (Wildman–Crippen MR) is 92.5 cm³/mol. The maximum atomic E-state index is 12.6.